The van der Waals surface area contributed by atoms with E-state index < -0.39 is 10.0 Å². The Labute approximate surface area is 134 Å². The second-order valence-corrected chi connectivity index (χ2v) is 7.65. The van der Waals surface area contributed by atoms with Gasteiger partial charge in [-0.1, -0.05) is 12.2 Å². The molecule has 0 spiro atoms. The molecule has 0 atom stereocenters. The molecular weight excluding hydrogens is 302 g/mol. The number of hydrogen-bond donors (Lipinski definition) is 3. The number of nitrogens with one attached hydrogen (secondary N) is 3. The summed E-state index contributed by atoms with van der Waals surface area (Å²) in [5.74, 6) is 0.716. The normalized spacial score (nSPS) is 18.2. The van der Waals surface area contributed by atoms with Gasteiger partial charge in [-0.25, -0.2) is 13.1 Å². The summed E-state index contributed by atoms with van der Waals surface area (Å²) in [6.45, 7) is 9.93. The van der Waals surface area contributed by atoms with E-state index in [4.69, 9.17) is 0 Å². The fraction of sp³-hybridized carbons (Fsp3) is 0.786. The molecule has 0 aromatic rings. The molecule has 22 heavy (non-hydrogen) atoms. The number of guanidine groups is 1. The first-order chi connectivity index (χ1) is 10.3. The molecule has 3 N–H and O–H groups in total. The number of aliphatic imine (C=N–C) groups is 1. The molecule has 1 saturated heterocycles. The van der Waals surface area contributed by atoms with Crippen molar-refractivity contribution in [3.8, 4) is 0 Å². The third-order valence-electron chi connectivity index (χ3n) is 3.43. The number of likely N-dealkylation sites (tertiary alicyclic amines) is 1. The van der Waals surface area contributed by atoms with Crippen molar-refractivity contribution in [3.63, 3.8) is 0 Å². The summed E-state index contributed by atoms with van der Waals surface area (Å²) in [5, 5.41) is 6.51. The van der Waals surface area contributed by atoms with Crippen LogP contribution in [0.25, 0.3) is 0 Å². The van der Waals surface area contributed by atoms with Crippen LogP contribution in [0.2, 0.25) is 0 Å². The van der Waals surface area contributed by atoms with Gasteiger partial charge in [-0.05, 0) is 19.8 Å². The van der Waals surface area contributed by atoms with Crippen LogP contribution < -0.4 is 15.4 Å². The summed E-state index contributed by atoms with van der Waals surface area (Å²) >= 11 is 0. The summed E-state index contributed by atoms with van der Waals surface area (Å²) < 4.78 is 24.4. The lowest BCUT2D eigenvalue weighted by Gasteiger charge is -2.33. The fourth-order valence-corrected chi connectivity index (χ4v) is 2.90. The Bertz CT molecular complexity index is 481. The van der Waals surface area contributed by atoms with Crippen LogP contribution in [0.15, 0.2) is 17.1 Å². The van der Waals surface area contributed by atoms with Crippen LogP contribution in [-0.4, -0.2) is 71.3 Å². The molecule has 1 aliphatic heterocycles. The molecule has 0 aliphatic carbocycles. The van der Waals surface area contributed by atoms with Crippen LogP contribution in [0, 0.1) is 0 Å². The van der Waals surface area contributed by atoms with Crippen LogP contribution in [0.5, 0.6) is 0 Å². The molecule has 8 heteroatoms. The maximum Gasteiger partial charge on any atom is 0.208 e. The average molecular weight is 331 g/mol. The van der Waals surface area contributed by atoms with Crippen molar-refractivity contribution in [1.29, 1.82) is 0 Å². The molecule has 0 unspecified atom stereocenters. The molecule has 0 saturated carbocycles. The Morgan fingerprint density at radius 1 is 1.32 bits per heavy atom. The van der Waals surface area contributed by atoms with E-state index in [1.807, 2.05) is 0 Å². The summed E-state index contributed by atoms with van der Waals surface area (Å²) in [4.78, 5) is 6.58. The molecule has 7 nitrogen and oxygen atoms in total. The summed E-state index contributed by atoms with van der Waals surface area (Å²) in [6.07, 6.45) is 3.28. The molecule has 1 fully saturated rings. The maximum atomic E-state index is 11.0. The number of sulfonamides is 1. The van der Waals surface area contributed by atoms with Gasteiger partial charge in [0.1, 0.15) is 0 Å². The third kappa shape index (κ3) is 8.35. The van der Waals surface area contributed by atoms with Gasteiger partial charge in [0, 0.05) is 45.8 Å². The Morgan fingerprint density at radius 2 is 1.95 bits per heavy atom. The van der Waals surface area contributed by atoms with Gasteiger partial charge in [0.15, 0.2) is 5.96 Å². The standard InChI is InChI=1S/C14H29N5O2S/c1-12(2)11-19-9-5-13(6-10-19)18-14(15-3)16-7-8-17-22(4,20)21/h13,17H,1,5-11H2,2-4H3,(H2,15,16,18). The molecule has 1 rings (SSSR count). The van der Waals surface area contributed by atoms with E-state index in [2.05, 4.69) is 38.8 Å². The van der Waals surface area contributed by atoms with Gasteiger partial charge in [0.2, 0.25) is 10.0 Å². The molecule has 0 radical (unpaired) electrons. The molecular formula is C14H29N5O2S. The first-order valence-corrected chi connectivity index (χ1v) is 9.48. The van der Waals surface area contributed by atoms with Gasteiger partial charge in [-0.2, -0.15) is 0 Å². The Kier molecular flexibility index (Phi) is 7.84. The van der Waals surface area contributed by atoms with Crippen molar-refractivity contribution < 1.29 is 8.42 Å². The van der Waals surface area contributed by atoms with Gasteiger partial charge >= 0.3 is 0 Å². The number of piperidine rings is 1. The number of hydrogen-bond acceptors (Lipinski definition) is 4. The molecule has 0 amide bonds. The van der Waals surface area contributed by atoms with Crippen LogP contribution in [0.3, 0.4) is 0 Å². The minimum absolute atomic E-state index is 0.344. The minimum Gasteiger partial charge on any atom is -0.355 e. The molecule has 128 valence electrons. The van der Waals surface area contributed by atoms with E-state index in [1.165, 1.54) is 5.57 Å². The van der Waals surface area contributed by atoms with Crippen molar-refractivity contribution in [2.45, 2.75) is 25.8 Å². The van der Waals surface area contributed by atoms with Crippen LogP contribution in [-0.2, 0) is 10.0 Å². The zero-order chi connectivity index (χ0) is 16.6. The molecule has 0 bridgehead atoms. The zero-order valence-corrected chi connectivity index (χ0v) is 14.7. The van der Waals surface area contributed by atoms with Crippen molar-refractivity contribution >= 4 is 16.0 Å². The molecule has 0 aromatic heterocycles. The lowest BCUT2D eigenvalue weighted by Crippen LogP contribution is -2.49. The number of rotatable bonds is 7. The highest BCUT2D eigenvalue weighted by molar-refractivity contribution is 7.88. The molecule has 1 heterocycles. The van der Waals surface area contributed by atoms with E-state index in [0.29, 0.717) is 25.1 Å². The lowest BCUT2D eigenvalue weighted by atomic mass is 10.0. The second-order valence-electron chi connectivity index (χ2n) is 5.82. The average Bonchev–Trinajstić information content (AvgIpc) is 2.42. The predicted octanol–water partition coefficient (Wildman–Crippen LogP) is -0.259. The molecule has 0 aromatic carbocycles. The fourth-order valence-electron chi connectivity index (χ4n) is 2.42. The maximum absolute atomic E-state index is 11.0. The van der Waals surface area contributed by atoms with Crippen molar-refractivity contribution in [2.75, 3.05) is 46.0 Å². The highest BCUT2D eigenvalue weighted by atomic mass is 32.2. The number of nitrogens with zero attached hydrogens (tertiary/aromatic N) is 2. The van der Waals surface area contributed by atoms with Crippen LogP contribution in [0.4, 0.5) is 0 Å². The van der Waals surface area contributed by atoms with Gasteiger partial charge in [0.05, 0.1) is 6.26 Å². The summed E-state index contributed by atoms with van der Waals surface area (Å²) in [6, 6.07) is 0.399. The topological polar surface area (TPSA) is 85.8 Å². The summed E-state index contributed by atoms with van der Waals surface area (Å²) in [7, 11) is -1.42. The largest absolute Gasteiger partial charge is 0.355 e. The van der Waals surface area contributed by atoms with Gasteiger partial charge in [0.25, 0.3) is 0 Å². The SMILES string of the molecule is C=C(C)CN1CCC(NC(=NC)NCCNS(C)(=O)=O)CC1. The van der Waals surface area contributed by atoms with Crippen molar-refractivity contribution in [2.24, 2.45) is 4.99 Å². The van der Waals surface area contributed by atoms with Crippen molar-refractivity contribution in [1.82, 2.24) is 20.3 Å². The third-order valence-corrected chi connectivity index (χ3v) is 4.16. The zero-order valence-electron chi connectivity index (χ0n) is 13.9. The predicted molar refractivity (Wildman–Crippen MR) is 91.6 cm³/mol. The minimum atomic E-state index is -3.14. The Hall–Kier alpha value is -1.12. The molecule has 1 aliphatic rings. The monoisotopic (exact) mass is 331 g/mol. The highest BCUT2D eigenvalue weighted by Crippen LogP contribution is 2.11. The Morgan fingerprint density at radius 3 is 2.45 bits per heavy atom. The van der Waals surface area contributed by atoms with Crippen LogP contribution >= 0.6 is 0 Å². The first kappa shape index (κ1) is 18.9. The van der Waals surface area contributed by atoms with E-state index >= 15 is 0 Å². The van der Waals surface area contributed by atoms with E-state index in [9.17, 15) is 8.42 Å². The smallest absolute Gasteiger partial charge is 0.208 e. The quantitative estimate of drug-likeness (QED) is 0.259. The van der Waals surface area contributed by atoms with Gasteiger partial charge in [-0.3, -0.25) is 9.89 Å². The van der Waals surface area contributed by atoms with Crippen molar-refractivity contribution in [3.05, 3.63) is 12.2 Å². The van der Waals surface area contributed by atoms with E-state index in [-0.39, 0.29) is 0 Å². The van der Waals surface area contributed by atoms with Crippen LogP contribution in [0.1, 0.15) is 19.8 Å². The summed E-state index contributed by atoms with van der Waals surface area (Å²) in [5.41, 5.74) is 1.20. The van der Waals surface area contributed by atoms with E-state index in [1.54, 1.807) is 7.05 Å². The lowest BCUT2D eigenvalue weighted by molar-refractivity contribution is 0.221. The first-order valence-electron chi connectivity index (χ1n) is 7.58. The van der Waals surface area contributed by atoms with Gasteiger partial charge < -0.3 is 10.6 Å². The highest BCUT2D eigenvalue weighted by Gasteiger charge is 2.19. The van der Waals surface area contributed by atoms with Gasteiger partial charge in [-0.15, -0.1) is 0 Å². The van der Waals surface area contributed by atoms with E-state index in [0.717, 1.165) is 38.7 Å². The second kappa shape index (κ2) is 9.12. The Balaban J connectivity index is 2.25.